The lowest BCUT2D eigenvalue weighted by Gasteiger charge is -2.32. The summed E-state index contributed by atoms with van der Waals surface area (Å²) in [7, 11) is -0.616. The number of likely N-dealkylation sites (tertiary alicyclic amines) is 2. The summed E-state index contributed by atoms with van der Waals surface area (Å²) >= 11 is 6.20. The van der Waals surface area contributed by atoms with E-state index in [-0.39, 0.29) is 11.1 Å². The average molecular weight is 1260 g/mol. The molecule has 0 spiro atoms. The van der Waals surface area contributed by atoms with Gasteiger partial charge < -0.3 is 39.2 Å². The van der Waals surface area contributed by atoms with E-state index in [2.05, 4.69) is 68.9 Å². The number of alkyl halides is 6. The van der Waals surface area contributed by atoms with Gasteiger partial charge in [0.25, 0.3) is 11.8 Å². The molecule has 11 rings (SSSR count). The predicted octanol–water partition coefficient (Wildman–Crippen LogP) is 11.0. The Bertz CT molecular complexity index is 3630. The van der Waals surface area contributed by atoms with Crippen molar-refractivity contribution in [2.24, 2.45) is 0 Å². The standard InChI is InChI=1S/C30H30F3N5O2.C20H22BF3N2O3.C16H20ClN3O/c1-21-6-7-25(36-29(39)22-8-9-34-27(18-22)30(31,32)33)20-26(21)23-17-24(5-4-12-37-10-2-3-11-37)35-28(19-23)38-13-15-40-16-14-38;1-12-6-7-14(11-15(12)21-28-18(2,3)19(4,5)29-21)26-17(27)13-8-9-25-16(10-13)20(22,23)24;17-14-12-15(4-3-7-19-5-1-2-6-19)18-16(13-14)20-8-10-21-11-9-20/h6-9,17-20H,2-3,10-16H2,1H3,(H,36,39);6-11H,1-5H3,(H,26,27);12-13H,1-2,5-11H2. The molecule has 90 heavy (non-hydrogen) atoms. The lowest BCUT2D eigenvalue weighted by atomic mass is 9.76. The van der Waals surface area contributed by atoms with Gasteiger partial charge in [0.05, 0.1) is 50.7 Å². The highest BCUT2D eigenvalue weighted by atomic mass is 35.5. The lowest BCUT2D eigenvalue weighted by molar-refractivity contribution is -0.142. The molecule has 6 aromatic rings. The predicted molar refractivity (Wildman–Crippen MR) is 336 cm³/mol. The van der Waals surface area contributed by atoms with Gasteiger partial charge in [0, 0.05) is 66.1 Å². The molecule has 0 radical (unpaired) electrons. The summed E-state index contributed by atoms with van der Waals surface area (Å²) in [6.07, 6.45) is -2.33. The van der Waals surface area contributed by atoms with Crippen molar-refractivity contribution < 1.29 is 54.7 Å². The van der Waals surface area contributed by atoms with Crippen molar-refractivity contribution in [3.63, 3.8) is 0 Å². The van der Waals surface area contributed by atoms with E-state index in [1.165, 1.54) is 37.8 Å². The van der Waals surface area contributed by atoms with Crippen LogP contribution < -0.4 is 25.9 Å². The highest BCUT2D eigenvalue weighted by molar-refractivity contribution is 6.62. The van der Waals surface area contributed by atoms with E-state index in [1.54, 1.807) is 24.3 Å². The van der Waals surface area contributed by atoms with Crippen LogP contribution in [-0.4, -0.2) is 152 Å². The van der Waals surface area contributed by atoms with Gasteiger partial charge in [0.1, 0.15) is 34.4 Å². The molecule has 5 fully saturated rings. The smallest absolute Gasteiger partial charge is 0.399 e. The molecule has 2 amide bonds. The number of ether oxygens (including phenoxy) is 2. The van der Waals surface area contributed by atoms with Crippen LogP contribution in [-0.2, 0) is 31.1 Å². The maximum atomic E-state index is 13.1. The zero-order valence-electron chi connectivity index (χ0n) is 51.2. The number of rotatable bonds is 10. The Kier molecular flexibility index (Phi) is 21.9. The molecule has 16 nitrogen and oxygen atoms in total. The first kappa shape index (κ1) is 66.8. The third-order valence-corrected chi connectivity index (χ3v) is 16.4. The number of carbonyl (C=O) groups excluding carboxylic acids is 2. The summed E-state index contributed by atoms with van der Waals surface area (Å²) in [4.78, 5) is 50.4. The SMILES string of the molecule is Cc1ccc(NC(=O)c2ccnc(C(F)(F)F)c2)cc1-c1cc(C#CCN2CCCC2)nc(N2CCOCC2)c1.Cc1ccc(NC(=O)c2ccnc(C(F)(F)F)c2)cc1B1OC(C)(C)C(C)(C)O1.Clc1cc(C#CCN2CCCC2)nc(N2CCOCC2)c1. The molecule has 474 valence electrons. The van der Waals surface area contributed by atoms with Crippen LogP contribution >= 0.6 is 11.6 Å². The first-order valence-corrected chi connectivity index (χ1v) is 30.3. The minimum atomic E-state index is -4.64. The molecular weight excluding hydrogens is 1190 g/mol. The Morgan fingerprint density at radius 3 is 1.50 bits per heavy atom. The average Bonchev–Trinajstić information content (AvgIpc) is 1.63. The number of benzene rings is 2. The second-order valence-electron chi connectivity index (χ2n) is 23.3. The molecule has 0 atom stereocenters. The Balaban J connectivity index is 0.000000169. The first-order valence-electron chi connectivity index (χ1n) is 29.9. The highest BCUT2D eigenvalue weighted by Gasteiger charge is 2.52. The van der Waals surface area contributed by atoms with Gasteiger partial charge in [-0.2, -0.15) is 26.3 Å². The van der Waals surface area contributed by atoms with Crippen LogP contribution in [0.25, 0.3) is 11.1 Å². The number of hydrogen-bond acceptors (Lipinski definition) is 14. The van der Waals surface area contributed by atoms with Crippen molar-refractivity contribution in [1.82, 2.24) is 29.7 Å². The Labute approximate surface area is 526 Å². The quantitative estimate of drug-likeness (QED) is 0.0758. The van der Waals surface area contributed by atoms with Crippen LogP contribution in [0, 0.1) is 37.5 Å². The van der Waals surface area contributed by atoms with E-state index in [4.69, 9.17) is 35.4 Å². The van der Waals surface area contributed by atoms with E-state index < -0.39 is 53.9 Å². The lowest BCUT2D eigenvalue weighted by Crippen LogP contribution is -2.41. The van der Waals surface area contributed by atoms with Crippen molar-refractivity contribution in [3.05, 3.63) is 147 Å². The number of nitrogens with one attached hydrogen (secondary N) is 2. The summed E-state index contributed by atoms with van der Waals surface area (Å²) in [5.41, 5.74) is 3.13. The number of anilines is 4. The van der Waals surface area contributed by atoms with E-state index in [1.807, 2.05) is 77.9 Å². The minimum Gasteiger partial charge on any atom is -0.399 e. The van der Waals surface area contributed by atoms with Crippen molar-refractivity contribution in [2.75, 3.05) is 112 Å². The zero-order valence-corrected chi connectivity index (χ0v) is 52.0. The fraction of sp³-hybridized carbons (Fsp3) is 0.424. The van der Waals surface area contributed by atoms with E-state index in [0.29, 0.717) is 41.8 Å². The van der Waals surface area contributed by atoms with Gasteiger partial charge in [-0.3, -0.25) is 29.4 Å². The first-order chi connectivity index (χ1) is 42.9. The van der Waals surface area contributed by atoms with E-state index >= 15 is 0 Å². The molecular formula is C66H72BClF6N10O6. The van der Waals surface area contributed by atoms with Crippen LogP contribution in [0.2, 0.25) is 5.02 Å². The molecule has 9 heterocycles. The number of nitrogens with zero attached hydrogens (tertiary/aromatic N) is 8. The van der Waals surface area contributed by atoms with Gasteiger partial charge in [-0.15, -0.1) is 0 Å². The van der Waals surface area contributed by atoms with Crippen molar-refractivity contribution in [3.8, 4) is 34.8 Å². The number of aryl methyl sites for hydroxylation is 2. The molecule has 2 aromatic carbocycles. The molecule has 0 unspecified atom stereocenters. The Hall–Kier alpha value is -7.61. The molecule has 0 bridgehead atoms. The van der Waals surface area contributed by atoms with Gasteiger partial charge in [0.15, 0.2) is 0 Å². The maximum absolute atomic E-state index is 13.1. The molecule has 4 aromatic heterocycles. The van der Waals surface area contributed by atoms with Gasteiger partial charge in [-0.05, 0) is 200 Å². The molecule has 2 N–H and O–H groups in total. The Morgan fingerprint density at radius 2 is 1.02 bits per heavy atom. The fourth-order valence-electron chi connectivity index (χ4n) is 10.4. The third-order valence-electron chi connectivity index (χ3n) is 16.2. The Morgan fingerprint density at radius 1 is 0.578 bits per heavy atom. The highest BCUT2D eigenvalue weighted by Crippen LogP contribution is 2.38. The summed E-state index contributed by atoms with van der Waals surface area (Å²) < 4.78 is 101. The summed E-state index contributed by atoms with van der Waals surface area (Å²) in [6, 6.07) is 22.2. The van der Waals surface area contributed by atoms with Crippen LogP contribution in [0.5, 0.6) is 0 Å². The van der Waals surface area contributed by atoms with Crippen LogP contribution in [0.15, 0.2) is 97.3 Å². The molecule has 0 saturated carbocycles. The maximum Gasteiger partial charge on any atom is 0.495 e. The van der Waals surface area contributed by atoms with Crippen LogP contribution in [0.4, 0.5) is 49.4 Å². The summed E-state index contributed by atoms with van der Waals surface area (Å²) in [6.45, 7) is 23.5. The number of morpholine rings is 2. The normalized spacial score (nSPS) is 17.4. The molecule has 5 aliphatic heterocycles. The van der Waals surface area contributed by atoms with Gasteiger partial charge in [-0.1, -0.05) is 41.1 Å². The van der Waals surface area contributed by atoms with Crippen LogP contribution in [0.1, 0.15) is 108 Å². The van der Waals surface area contributed by atoms with E-state index in [9.17, 15) is 35.9 Å². The number of hydrogen-bond donors (Lipinski definition) is 2. The topological polar surface area (TPSA) is 160 Å². The van der Waals surface area contributed by atoms with E-state index in [0.717, 1.165) is 142 Å². The minimum absolute atomic E-state index is 0.126. The monoisotopic (exact) mass is 1260 g/mol. The number of pyridine rings is 4. The van der Waals surface area contributed by atoms with Crippen molar-refractivity contribution >= 4 is 59.0 Å². The van der Waals surface area contributed by atoms with Crippen molar-refractivity contribution in [2.45, 2.75) is 90.8 Å². The third kappa shape index (κ3) is 18.1. The molecule has 5 aliphatic rings. The number of aromatic nitrogens is 4. The summed E-state index contributed by atoms with van der Waals surface area (Å²) in [5, 5.41) is 6.04. The zero-order chi connectivity index (χ0) is 64.2. The van der Waals surface area contributed by atoms with Gasteiger partial charge in [-0.25, -0.2) is 9.97 Å². The molecule has 24 heteroatoms. The molecule has 0 aliphatic carbocycles. The van der Waals surface area contributed by atoms with Crippen molar-refractivity contribution in [1.29, 1.82) is 0 Å². The second-order valence-corrected chi connectivity index (χ2v) is 23.8. The second kappa shape index (κ2) is 29.6. The summed E-state index contributed by atoms with van der Waals surface area (Å²) in [5.74, 6) is 13.2. The van der Waals surface area contributed by atoms with Gasteiger partial charge >= 0.3 is 19.5 Å². The van der Waals surface area contributed by atoms with Crippen LogP contribution in [0.3, 0.4) is 0 Å². The van der Waals surface area contributed by atoms with Gasteiger partial charge in [0.2, 0.25) is 0 Å². The number of amides is 2. The fourth-order valence-corrected chi connectivity index (χ4v) is 10.6. The molecule has 5 saturated heterocycles. The number of halogens is 7. The largest absolute Gasteiger partial charge is 0.495 e. The number of carbonyl (C=O) groups is 2.